The molecule has 130 valence electrons. The molecule has 1 aliphatic heterocycles. The Hall–Kier alpha value is -1.90. The molecule has 1 atom stereocenters. The van der Waals surface area contributed by atoms with Crippen molar-refractivity contribution in [2.24, 2.45) is 7.05 Å². The molecular weight excluding hydrogens is 328 g/mol. The molecule has 24 heavy (non-hydrogen) atoms. The van der Waals surface area contributed by atoms with Crippen LogP contribution in [0.3, 0.4) is 0 Å². The van der Waals surface area contributed by atoms with Crippen molar-refractivity contribution in [3.63, 3.8) is 0 Å². The SMILES string of the molecule is CCOc1cccc(S(=O)(=O)N2CCNCC2c2nccn2C)c1. The molecule has 0 spiro atoms. The molecule has 3 rings (SSSR count). The summed E-state index contributed by atoms with van der Waals surface area (Å²) in [6.07, 6.45) is 3.51. The summed E-state index contributed by atoms with van der Waals surface area (Å²) >= 11 is 0. The number of hydrogen-bond donors (Lipinski definition) is 1. The molecule has 7 nitrogen and oxygen atoms in total. The largest absolute Gasteiger partial charge is 0.494 e. The Morgan fingerprint density at radius 2 is 2.25 bits per heavy atom. The van der Waals surface area contributed by atoms with E-state index in [2.05, 4.69) is 10.3 Å². The van der Waals surface area contributed by atoms with Gasteiger partial charge in [0.05, 0.1) is 17.5 Å². The van der Waals surface area contributed by atoms with Crippen molar-refractivity contribution in [3.8, 4) is 5.75 Å². The maximum atomic E-state index is 13.2. The monoisotopic (exact) mass is 350 g/mol. The Balaban J connectivity index is 1.97. The minimum atomic E-state index is -3.63. The zero-order valence-electron chi connectivity index (χ0n) is 13.8. The number of aryl methyl sites for hydroxylation is 1. The predicted molar refractivity (Wildman–Crippen MR) is 90.3 cm³/mol. The van der Waals surface area contributed by atoms with Gasteiger partial charge in [-0.25, -0.2) is 13.4 Å². The molecular formula is C16H22N4O3S. The van der Waals surface area contributed by atoms with Crippen LogP contribution in [0.1, 0.15) is 18.8 Å². The number of rotatable bonds is 5. The van der Waals surface area contributed by atoms with Crippen LogP contribution in [0, 0.1) is 0 Å². The molecule has 1 aliphatic rings. The lowest BCUT2D eigenvalue weighted by Crippen LogP contribution is -2.49. The second-order valence-electron chi connectivity index (χ2n) is 5.64. The summed E-state index contributed by atoms with van der Waals surface area (Å²) in [4.78, 5) is 4.58. The van der Waals surface area contributed by atoms with Crippen molar-refractivity contribution in [1.82, 2.24) is 19.2 Å². The Morgan fingerprint density at radius 1 is 1.42 bits per heavy atom. The van der Waals surface area contributed by atoms with Gasteiger partial charge >= 0.3 is 0 Å². The highest BCUT2D eigenvalue weighted by molar-refractivity contribution is 7.89. The fourth-order valence-corrected chi connectivity index (χ4v) is 4.54. The van der Waals surface area contributed by atoms with E-state index in [1.165, 1.54) is 4.31 Å². The van der Waals surface area contributed by atoms with Crippen molar-refractivity contribution in [1.29, 1.82) is 0 Å². The molecule has 2 heterocycles. The highest BCUT2D eigenvalue weighted by Crippen LogP contribution is 2.29. The third-order valence-electron chi connectivity index (χ3n) is 4.07. The van der Waals surface area contributed by atoms with Gasteiger partial charge in [-0.3, -0.25) is 0 Å². The lowest BCUT2D eigenvalue weighted by atomic mass is 10.2. The summed E-state index contributed by atoms with van der Waals surface area (Å²) in [6, 6.07) is 6.32. The van der Waals surface area contributed by atoms with E-state index in [1.807, 2.05) is 24.7 Å². The minimum absolute atomic E-state index is 0.245. The number of nitrogens with one attached hydrogen (secondary N) is 1. The van der Waals surface area contributed by atoms with Crippen LogP contribution in [-0.4, -0.2) is 48.5 Å². The molecule has 0 radical (unpaired) electrons. The summed E-state index contributed by atoms with van der Waals surface area (Å²) < 4.78 is 35.2. The summed E-state index contributed by atoms with van der Waals surface area (Å²) in [5.74, 6) is 1.29. The lowest BCUT2D eigenvalue weighted by molar-refractivity contribution is 0.258. The third kappa shape index (κ3) is 3.17. The number of ether oxygens (including phenoxy) is 1. The fraction of sp³-hybridized carbons (Fsp3) is 0.438. The van der Waals surface area contributed by atoms with Crippen LogP contribution in [0.25, 0.3) is 0 Å². The van der Waals surface area contributed by atoms with Gasteiger partial charge in [0.2, 0.25) is 10.0 Å². The van der Waals surface area contributed by atoms with Gasteiger partial charge in [-0.15, -0.1) is 0 Å². The van der Waals surface area contributed by atoms with Crippen molar-refractivity contribution >= 4 is 10.0 Å². The Kier molecular flexibility index (Phi) is 4.88. The van der Waals surface area contributed by atoms with E-state index < -0.39 is 10.0 Å². The molecule has 0 aliphatic carbocycles. The summed E-state index contributed by atoms with van der Waals surface area (Å²) in [5, 5.41) is 3.25. The van der Waals surface area contributed by atoms with Gasteiger partial charge in [-0.2, -0.15) is 4.31 Å². The average Bonchev–Trinajstić information content (AvgIpc) is 3.01. The topological polar surface area (TPSA) is 76.5 Å². The highest BCUT2D eigenvalue weighted by atomic mass is 32.2. The summed E-state index contributed by atoms with van der Waals surface area (Å²) in [6.45, 7) is 3.92. The first-order valence-corrected chi connectivity index (χ1v) is 9.40. The van der Waals surface area contributed by atoms with E-state index in [4.69, 9.17) is 4.74 Å². The van der Waals surface area contributed by atoms with E-state index in [-0.39, 0.29) is 10.9 Å². The number of nitrogens with zero attached hydrogens (tertiary/aromatic N) is 3. The van der Waals surface area contributed by atoms with E-state index >= 15 is 0 Å². The second kappa shape index (κ2) is 6.92. The third-order valence-corrected chi connectivity index (χ3v) is 5.98. The lowest BCUT2D eigenvalue weighted by Gasteiger charge is -2.34. The van der Waals surface area contributed by atoms with Gasteiger partial charge in [-0.05, 0) is 19.1 Å². The van der Waals surface area contributed by atoms with E-state index in [0.717, 1.165) is 5.82 Å². The molecule has 1 aromatic heterocycles. The van der Waals surface area contributed by atoms with Crippen LogP contribution in [0.4, 0.5) is 0 Å². The first kappa shape index (κ1) is 16.9. The molecule has 0 bridgehead atoms. The van der Waals surface area contributed by atoms with Crippen LogP contribution < -0.4 is 10.1 Å². The van der Waals surface area contributed by atoms with Crippen molar-refractivity contribution in [2.75, 3.05) is 26.2 Å². The molecule has 8 heteroatoms. The van der Waals surface area contributed by atoms with Crippen molar-refractivity contribution in [2.45, 2.75) is 17.9 Å². The van der Waals surface area contributed by atoms with Gasteiger partial charge in [0, 0.05) is 45.1 Å². The molecule has 2 aromatic rings. The van der Waals surface area contributed by atoms with Crippen LogP contribution in [0.5, 0.6) is 5.75 Å². The van der Waals surface area contributed by atoms with Crippen LogP contribution in [-0.2, 0) is 17.1 Å². The Labute approximate surface area is 142 Å². The number of hydrogen-bond acceptors (Lipinski definition) is 5. The number of piperazine rings is 1. The molecule has 1 N–H and O–H groups in total. The minimum Gasteiger partial charge on any atom is -0.494 e. The van der Waals surface area contributed by atoms with Crippen molar-refractivity contribution in [3.05, 3.63) is 42.5 Å². The molecule has 1 saturated heterocycles. The number of sulfonamides is 1. The van der Waals surface area contributed by atoms with E-state index in [9.17, 15) is 8.42 Å². The van der Waals surface area contributed by atoms with Gasteiger partial charge < -0.3 is 14.6 Å². The van der Waals surface area contributed by atoms with Gasteiger partial charge in [0.25, 0.3) is 0 Å². The van der Waals surface area contributed by atoms with Crippen LogP contribution in [0.15, 0.2) is 41.6 Å². The van der Waals surface area contributed by atoms with E-state index in [0.29, 0.717) is 32.0 Å². The number of aromatic nitrogens is 2. The van der Waals surface area contributed by atoms with Gasteiger partial charge in [-0.1, -0.05) is 6.07 Å². The van der Waals surface area contributed by atoms with Gasteiger partial charge in [0.15, 0.2) is 0 Å². The highest BCUT2D eigenvalue weighted by Gasteiger charge is 2.36. The second-order valence-corrected chi connectivity index (χ2v) is 7.53. The summed E-state index contributed by atoms with van der Waals surface area (Å²) in [5.41, 5.74) is 0. The first-order chi connectivity index (χ1) is 11.5. The predicted octanol–water partition coefficient (Wildman–Crippen LogP) is 1.15. The quantitative estimate of drug-likeness (QED) is 0.875. The molecule has 0 amide bonds. The molecule has 0 saturated carbocycles. The zero-order valence-corrected chi connectivity index (χ0v) is 14.7. The normalized spacial score (nSPS) is 19.3. The van der Waals surface area contributed by atoms with Crippen molar-refractivity contribution < 1.29 is 13.2 Å². The summed E-state index contributed by atoms with van der Waals surface area (Å²) in [7, 11) is -1.76. The Bertz CT molecular complexity index is 803. The average molecular weight is 350 g/mol. The zero-order chi connectivity index (χ0) is 17.2. The number of imidazole rings is 1. The fourth-order valence-electron chi connectivity index (χ4n) is 2.92. The smallest absolute Gasteiger partial charge is 0.243 e. The molecule has 1 fully saturated rings. The first-order valence-electron chi connectivity index (χ1n) is 7.96. The van der Waals surface area contributed by atoms with E-state index in [1.54, 1.807) is 30.5 Å². The molecule has 1 unspecified atom stereocenters. The maximum Gasteiger partial charge on any atom is 0.243 e. The van der Waals surface area contributed by atoms with Crippen LogP contribution >= 0.6 is 0 Å². The Morgan fingerprint density at radius 3 is 2.96 bits per heavy atom. The van der Waals surface area contributed by atoms with Gasteiger partial charge in [0.1, 0.15) is 11.6 Å². The van der Waals surface area contributed by atoms with Crippen LogP contribution in [0.2, 0.25) is 0 Å². The molecule has 1 aromatic carbocycles. The number of benzene rings is 1. The standard InChI is InChI=1S/C16H22N4O3S/c1-3-23-13-5-4-6-14(11-13)24(21,22)20-10-7-17-12-15(20)16-18-8-9-19(16)2/h4-6,8-9,11,15,17H,3,7,10,12H2,1-2H3. The maximum absolute atomic E-state index is 13.2.